The average Bonchev–Trinajstić information content (AvgIpc) is 2.47. The first-order chi connectivity index (χ1) is 9.28. The van der Waals surface area contributed by atoms with Gasteiger partial charge in [-0.1, -0.05) is 18.2 Å². The van der Waals surface area contributed by atoms with E-state index in [1.54, 1.807) is 12.4 Å². The fraction of sp³-hybridized carbons (Fsp3) is 0.133. The first kappa shape index (κ1) is 11.7. The Morgan fingerprint density at radius 3 is 2.58 bits per heavy atom. The lowest BCUT2D eigenvalue weighted by Gasteiger charge is -2.05. The summed E-state index contributed by atoms with van der Waals surface area (Å²) in [6, 6.07) is 9.98. The Labute approximate surface area is 110 Å². The lowest BCUT2D eigenvalue weighted by Crippen LogP contribution is -1.95. The summed E-state index contributed by atoms with van der Waals surface area (Å²) in [5.41, 5.74) is 3.53. The molecule has 0 bridgehead atoms. The number of fused-ring (bicyclic) bond motifs is 1. The van der Waals surface area contributed by atoms with Crippen LogP contribution in [-0.2, 0) is 6.61 Å². The minimum absolute atomic E-state index is 0.0511. The molecule has 4 heteroatoms. The average molecular weight is 251 g/mol. The highest BCUT2D eigenvalue weighted by molar-refractivity contribution is 5.84. The largest absolute Gasteiger partial charge is 0.392 e. The molecule has 2 heterocycles. The molecule has 0 radical (unpaired) electrons. The van der Waals surface area contributed by atoms with Crippen LogP contribution in [0, 0.1) is 6.92 Å². The van der Waals surface area contributed by atoms with Crippen molar-refractivity contribution < 1.29 is 5.11 Å². The lowest BCUT2D eigenvalue weighted by molar-refractivity contribution is 0.281. The lowest BCUT2D eigenvalue weighted by atomic mass is 10.1. The van der Waals surface area contributed by atoms with Crippen molar-refractivity contribution in [2.45, 2.75) is 13.5 Å². The van der Waals surface area contributed by atoms with Gasteiger partial charge in [-0.25, -0.2) is 15.0 Å². The minimum atomic E-state index is -0.0511. The smallest absolute Gasteiger partial charge is 0.178 e. The number of hydrogen-bond acceptors (Lipinski definition) is 4. The van der Waals surface area contributed by atoms with Crippen molar-refractivity contribution in [3.63, 3.8) is 0 Å². The van der Waals surface area contributed by atoms with Crippen LogP contribution in [0.5, 0.6) is 0 Å². The molecule has 3 aromatic rings. The van der Waals surface area contributed by atoms with Gasteiger partial charge in [0.1, 0.15) is 5.69 Å². The van der Waals surface area contributed by atoms with Gasteiger partial charge in [0, 0.05) is 23.3 Å². The van der Waals surface area contributed by atoms with E-state index in [2.05, 4.69) is 27.9 Å². The Morgan fingerprint density at radius 1 is 1.11 bits per heavy atom. The van der Waals surface area contributed by atoms with Gasteiger partial charge in [0.2, 0.25) is 0 Å². The molecule has 1 aromatic carbocycles. The zero-order valence-corrected chi connectivity index (χ0v) is 10.5. The van der Waals surface area contributed by atoms with E-state index in [0.29, 0.717) is 11.4 Å². The van der Waals surface area contributed by atoms with E-state index in [9.17, 15) is 0 Å². The van der Waals surface area contributed by atoms with Crippen LogP contribution in [0.2, 0.25) is 0 Å². The van der Waals surface area contributed by atoms with Crippen LogP contribution in [0.25, 0.3) is 22.4 Å². The third-order valence-electron chi connectivity index (χ3n) is 3.04. The minimum Gasteiger partial charge on any atom is -0.392 e. The number of aliphatic hydroxyl groups excluding tert-OH is 1. The Bertz CT molecular complexity index is 723. The van der Waals surface area contributed by atoms with Gasteiger partial charge in [-0.3, -0.25) is 0 Å². The van der Waals surface area contributed by atoms with Crippen molar-refractivity contribution in [2.24, 2.45) is 0 Å². The van der Waals surface area contributed by atoms with Crippen LogP contribution in [-0.4, -0.2) is 20.1 Å². The second kappa shape index (κ2) is 4.74. The van der Waals surface area contributed by atoms with E-state index >= 15 is 0 Å². The molecule has 2 aromatic heterocycles. The van der Waals surface area contributed by atoms with Gasteiger partial charge in [-0.05, 0) is 24.6 Å². The van der Waals surface area contributed by atoms with Crippen molar-refractivity contribution in [3.8, 4) is 11.5 Å². The normalized spacial score (nSPS) is 10.8. The number of aromatic nitrogens is 3. The highest BCUT2D eigenvalue weighted by atomic mass is 16.3. The van der Waals surface area contributed by atoms with Crippen molar-refractivity contribution in [1.82, 2.24) is 15.0 Å². The molecule has 0 atom stereocenters. The van der Waals surface area contributed by atoms with Gasteiger partial charge in [0.05, 0.1) is 12.1 Å². The molecule has 0 saturated carbocycles. The first-order valence-electron chi connectivity index (χ1n) is 6.06. The Balaban J connectivity index is 2.14. The van der Waals surface area contributed by atoms with Gasteiger partial charge < -0.3 is 5.11 Å². The quantitative estimate of drug-likeness (QED) is 0.760. The molecule has 0 fully saturated rings. The molecule has 0 unspecified atom stereocenters. The standard InChI is InChI=1S/C15H13N3O/c1-10-6-14(15-16-7-11(9-19)8-17-15)18-13-5-3-2-4-12(10)13/h2-8,19H,9H2,1H3. The molecule has 0 aliphatic rings. The summed E-state index contributed by atoms with van der Waals surface area (Å²) in [6.45, 7) is 2.00. The summed E-state index contributed by atoms with van der Waals surface area (Å²) < 4.78 is 0. The second-order valence-electron chi connectivity index (χ2n) is 4.41. The van der Waals surface area contributed by atoms with Crippen molar-refractivity contribution in [2.75, 3.05) is 0 Å². The van der Waals surface area contributed by atoms with Crippen molar-refractivity contribution in [1.29, 1.82) is 0 Å². The third-order valence-corrected chi connectivity index (χ3v) is 3.04. The van der Waals surface area contributed by atoms with E-state index in [1.165, 1.54) is 0 Å². The zero-order valence-electron chi connectivity index (χ0n) is 10.5. The van der Waals surface area contributed by atoms with Gasteiger partial charge >= 0.3 is 0 Å². The summed E-state index contributed by atoms with van der Waals surface area (Å²) in [4.78, 5) is 13.0. The molecule has 0 amide bonds. The molecule has 94 valence electrons. The van der Waals surface area contributed by atoms with Crippen LogP contribution in [0.1, 0.15) is 11.1 Å². The van der Waals surface area contributed by atoms with Crippen molar-refractivity contribution in [3.05, 3.63) is 53.9 Å². The maximum atomic E-state index is 8.99. The molecular formula is C15H13N3O. The molecule has 0 spiro atoms. The topological polar surface area (TPSA) is 58.9 Å². The highest BCUT2D eigenvalue weighted by Crippen LogP contribution is 2.21. The molecule has 0 saturated heterocycles. The summed E-state index contributed by atoms with van der Waals surface area (Å²) in [6.07, 6.45) is 3.24. The Kier molecular flexibility index (Phi) is 2.93. The third kappa shape index (κ3) is 2.18. The molecule has 19 heavy (non-hydrogen) atoms. The predicted octanol–water partition coefficient (Wildman–Crippen LogP) is 2.49. The summed E-state index contributed by atoms with van der Waals surface area (Å²) in [7, 11) is 0. The maximum Gasteiger partial charge on any atom is 0.178 e. The molecule has 0 aliphatic carbocycles. The number of benzene rings is 1. The monoisotopic (exact) mass is 251 g/mol. The summed E-state index contributed by atoms with van der Waals surface area (Å²) >= 11 is 0. The number of rotatable bonds is 2. The maximum absolute atomic E-state index is 8.99. The summed E-state index contributed by atoms with van der Waals surface area (Å²) in [5.74, 6) is 0.575. The van der Waals surface area contributed by atoms with Gasteiger partial charge in [-0.15, -0.1) is 0 Å². The van der Waals surface area contributed by atoms with E-state index in [4.69, 9.17) is 5.11 Å². The fourth-order valence-corrected chi connectivity index (χ4v) is 2.03. The predicted molar refractivity (Wildman–Crippen MR) is 73.4 cm³/mol. The molecule has 1 N–H and O–H groups in total. The van der Waals surface area contributed by atoms with Crippen LogP contribution in [0.3, 0.4) is 0 Å². The number of aliphatic hydroxyl groups is 1. The first-order valence-corrected chi connectivity index (χ1v) is 6.06. The van der Waals surface area contributed by atoms with Crippen molar-refractivity contribution >= 4 is 10.9 Å². The number of nitrogens with zero attached hydrogens (tertiary/aromatic N) is 3. The Morgan fingerprint density at radius 2 is 1.84 bits per heavy atom. The summed E-state index contributed by atoms with van der Waals surface area (Å²) in [5, 5.41) is 10.1. The molecule has 3 rings (SSSR count). The molecule has 0 aliphatic heterocycles. The SMILES string of the molecule is Cc1cc(-c2ncc(CO)cn2)nc2ccccc12. The Hall–Kier alpha value is -2.33. The number of aryl methyl sites for hydroxylation is 1. The van der Waals surface area contributed by atoms with E-state index in [1.807, 2.05) is 24.3 Å². The van der Waals surface area contributed by atoms with Crippen LogP contribution in [0.15, 0.2) is 42.7 Å². The zero-order chi connectivity index (χ0) is 13.2. The van der Waals surface area contributed by atoms with Crippen LogP contribution < -0.4 is 0 Å². The molecule has 4 nitrogen and oxygen atoms in total. The fourth-order valence-electron chi connectivity index (χ4n) is 2.03. The van der Waals surface area contributed by atoms with Crippen LogP contribution >= 0.6 is 0 Å². The van der Waals surface area contributed by atoms with Gasteiger partial charge in [-0.2, -0.15) is 0 Å². The second-order valence-corrected chi connectivity index (χ2v) is 4.41. The number of pyridine rings is 1. The highest BCUT2D eigenvalue weighted by Gasteiger charge is 2.06. The van der Waals surface area contributed by atoms with Gasteiger partial charge in [0.25, 0.3) is 0 Å². The van der Waals surface area contributed by atoms with E-state index in [0.717, 1.165) is 22.2 Å². The number of hydrogen-bond donors (Lipinski definition) is 1. The van der Waals surface area contributed by atoms with E-state index in [-0.39, 0.29) is 6.61 Å². The van der Waals surface area contributed by atoms with E-state index < -0.39 is 0 Å². The van der Waals surface area contributed by atoms with Gasteiger partial charge in [0.15, 0.2) is 5.82 Å². The molecular weight excluding hydrogens is 238 g/mol. The number of para-hydroxylation sites is 1. The van der Waals surface area contributed by atoms with Crippen LogP contribution in [0.4, 0.5) is 0 Å².